The Morgan fingerprint density at radius 2 is 1.94 bits per heavy atom. The highest BCUT2D eigenvalue weighted by molar-refractivity contribution is 5.78. The van der Waals surface area contributed by atoms with Crippen LogP contribution < -0.4 is 5.32 Å². The Morgan fingerprint density at radius 3 is 2.59 bits per heavy atom. The second-order valence-corrected chi connectivity index (χ2v) is 5.27. The van der Waals surface area contributed by atoms with E-state index in [1.807, 2.05) is 4.90 Å². The summed E-state index contributed by atoms with van der Waals surface area (Å²) in [5, 5.41) is 3.40. The van der Waals surface area contributed by atoms with Gasteiger partial charge in [0.2, 0.25) is 5.91 Å². The topological polar surface area (TPSA) is 38.8 Å². The van der Waals surface area contributed by atoms with E-state index in [9.17, 15) is 4.79 Å². The molecule has 2 rings (SSSR count). The van der Waals surface area contributed by atoms with Gasteiger partial charge in [-0.1, -0.05) is 0 Å². The zero-order chi connectivity index (χ0) is 12.3. The fourth-order valence-corrected chi connectivity index (χ4v) is 2.50. The number of nitrogens with zero attached hydrogens (tertiary/aromatic N) is 3. The largest absolute Gasteiger partial charge is 0.339 e. The molecule has 0 spiro atoms. The van der Waals surface area contributed by atoms with Gasteiger partial charge in [-0.25, -0.2) is 0 Å². The van der Waals surface area contributed by atoms with E-state index in [0.717, 1.165) is 45.8 Å². The van der Waals surface area contributed by atoms with Gasteiger partial charge in [0.25, 0.3) is 0 Å². The Kier molecular flexibility index (Phi) is 4.36. The van der Waals surface area contributed by atoms with Crippen molar-refractivity contribution in [1.82, 2.24) is 20.0 Å². The second kappa shape index (κ2) is 5.80. The van der Waals surface area contributed by atoms with Gasteiger partial charge >= 0.3 is 0 Å². The quantitative estimate of drug-likeness (QED) is 0.676. The summed E-state index contributed by atoms with van der Waals surface area (Å²) in [5.41, 5.74) is 0. The Labute approximate surface area is 104 Å². The van der Waals surface area contributed by atoms with Gasteiger partial charge in [-0.2, -0.15) is 0 Å². The van der Waals surface area contributed by atoms with E-state index in [4.69, 9.17) is 0 Å². The Hall–Kier alpha value is -0.650. The average molecular weight is 240 g/mol. The molecule has 1 N–H and O–H groups in total. The number of amides is 1. The van der Waals surface area contributed by atoms with E-state index >= 15 is 0 Å². The maximum atomic E-state index is 12.1. The van der Waals surface area contributed by atoms with Gasteiger partial charge in [-0.15, -0.1) is 0 Å². The minimum Gasteiger partial charge on any atom is -0.339 e. The van der Waals surface area contributed by atoms with Gasteiger partial charge in [0.1, 0.15) is 0 Å². The summed E-state index contributed by atoms with van der Waals surface area (Å²) in [7, 11) is 2.11. The van der Waals surface area contributed by atoms with Crippen LogP contribution in [0, 0.1) is 0 Å². The van der Waals surface area contributed by atoms with Crippen molar-refractivity contribution in [3.05, 3.63) is 0 Å². The monoisotopic (exact) mass is 240 g/mol. The molecule has 17 heavy (non-hydrogen) atoms. The molecule has 0 radical (unpaired) electrons. The van der Waals surface area contributed by atoms with Crippen LogP contribution in [-0.4, -0.2) is 86.1 Å². The van der Waals surface area contributed by atoms with E-state index in [-0.39, 0.29) is 0 Å². The summed E-state index contributed by atoms with van der Waals surface area (Å²) >= 11 is 0. The average Bonchev–Trinajstić information content (AvgIpc) is 2.29. The summed E-state index contributed by atoms with van der Waals surface area (Å²) in [5.74, 6) is 0.298. The van der Waals surface area contributed by atoms with Crippen LogP contribution in [0.4, 0.5) is 0 Å². The molecule has 2 aliphatic rings. The number of rotatable bonds is 2. The number of piperazine rings is 2. The van der Waals surface area contributed by atoms with E-state index in [2.05, 4.69) is 29.1 Å². The number of likely N-dealkylation sites (N-methyl/N-ethyl adjacent to an activating group) is 1. The molecule has 1 atom stereocenters. The van der Waals surface area contributed by atoms with Gasteiger partial charge in [-0.3, -0.25) is 9.69 Å². The molecule has 0 aliphatic carbocycles. The minimum atomic E-state index is 0.298. The van der Waals surface area contributed by atoms with E-state index in [1.165, 1.54) is 0 Å². The minimum absolute atomic E-state index is 0.298. The molecule has 0 bridgehead atoms. The summed E-state index contributed by atoms with van der Waals surface area (Å²) in [6, 6.07) is 0.504. The van der Waals surface area contributed by atoms with Crippen LogP contribution in [0.5, 0.6) is 0 Å². The zero-order valence-electron chi connectivity index (χ0n) is 11.0. The van der Waals surface area contributed by atoms with Gasteiger partial charge < -0.3 is 15.1 Å². The van der Waals surface area contributed by atoms with Gasteiger partial charge in [-0.05, 0) is 14.0 Å². The first-order valence-corrected chi connectivity index (χ1v) is 6.57. The maximum absolute atomic E-state index is 12.1. The first-order chi connectivity index (χ1) is 8.15. The van der Waals surface area contributed by atoms with Crippen molar-refractivity contribution < 1.29 is 4.79 Å². The molecule has 0 saturated carbocycles. The first-order valence-electron chi connectivity index (χ1n) is 6.57. The van der Waals surface area contributed by atoms with Crippen molar-refractivity contribution in [2.24, 2.45) is 0 Å². The van der Waals surface area contributed by atoms with Crippen LogP contribution in [-0.2, 0) is 4.79 Å². The van der Waals surface area contributed by atoms with Crippen LogP contribution in [0.2, 0.25) is 0 Å². The van der Waals surface area contributed by atoms with E-state index in [0.29, 0.717) is 18.5 Å². The van der Waals surface area contributed by atoms with Crippen molar-refractivity contribution in [3.8, 4) is 0 Å². The van der Waals surface area contributed by atoms with Crippen molar-refractivity contribution in [3.63, 3.8) is 0 Å². The Morgan fingerprint density at radius 1 is 1.24 bits per heavy atom. The lowest BCUT2D eigenvalue weighted by molar-refractivity contribution is -0.134. The standard InChI is InChI=1S/C12H24N4O/c1-11-9-15(4-3-13-11)10-12(17)16-7-5-14(2)6-8-16/h11,13H,3-10H2,1-2H3/t11-/m0/s1. The number of nitrogens with one attached hydrogen (secondary N) is 1. The molecular formula is C12H24N4O. The molecule has 0 aromatic rings. The fraction of sp³-hybridized carbons (Fsp3) is 0.917. The van der Waals surface area contributed by atoms with E-state index in [1.54, 1.807) is 0 Å². The number of carbonyl (C=O) groups is 1. The molecule has 98 valence electrons. The Bertz CT molecular complexity index is 263. The lowest BCUT2D eigenvalue weighted by Gasteiger charge is -2.36. The molecule has 1 amide bonds. The molecule has 5 nitrogen and oxygen atoms in total. The lowest BCUT2D eigenvalue weighted by Crippen LogP contribution is -2.54. The molecule has 5 heteroatoms. The molecular weight excluding hydrogens is 216 g/mol. The number of carbonyl (C=O) groups excluding carboxylic acids is 1. The van der Waals surface area contributed by atoms with Crippen LogP contribution in [0.1, 0.15) is 6.92 Å². The number of hydrogen-bond donors (Lipinski definition) is 1. The van der Waals surface area contributed by atoms with E-state index < -0.39 is 0 Å². The molecule has 2 fully saturated rings. The zero-order valence-corrected chi connectivity index (χ0v) is 11.0. The smallest absolute Gasteiger partial charge is 0.236 e. The van der Waals surface area contributed by atoms with Crippen molar-refractivity contribution in [2.45, 2.75) is 13.0 Å². The molecule has 0 aromatic heterocycles. The van der Waals surface area contributed by atoms with Crippen LogP contribution >= 0.6 is 0 Å². The first kappa shape index (κ1) is 12.8. The fourth-order valence-electron chi connectivity index (χ4n) is 2.50. The van der Waals surface area contributed by atoms with Crippen molar-refractivity contribution >= 4 is 5.91 Å². The molecule has 0 aromatic carbocycles. The second-order valence-electron chi connectivity index (χ2n) is 5.27. The van der Waals surface area contributed by atoms with Crippen LogP contribution in [0.25, 0.3) is 0 Å². The van der Waals surface area contributed by atoms with Crippen molar-refractivity contribution in [1.29, 1.82) is 0 Å². The summed E-state index contributed by atoms with van der Waals surface area (Å²) in [6.45, 7) is 9.52. The molecule has 2 heterocycles. The lowest BCUT2D eigenvalue weighted by atomic mass is 10.2. The third-order valence-electron chi connectivity index (χ3n) is 3.67. The summed E-state index contributed by atoms with van der Waals surface area (Å²) in [6.07, 6.45) is 0. The summed E-state index contributed by atoms with van der Waals surface area (Å²) < 4.78 is 0. The SMILES string of the molecule is C[C@H]1CN(CC(=O)N2CCN(C)CC2)CCN1. The van der Waals surface area contributed by atoms with Crippen molar-refractivity contribution in [2.75, 3.05) is 59.4 Å². The normalized spacial score (nSPS) is 28.4. The molecule has 0 unspecified atom stereocenters. The van der Waals surface area contributed by atoms with Crippen LogP contribution in [0.15, 0.2) is 0 Å². The highest BCUT2D eigenvalue weighted by Gasteiger charge is 2.23. The van der Waals surface area contributed by atoms with Gasteiger partial charge in [0.15, 0.2) is 0 Å². The maximum Gasteiger partial charge on any atom is 0.236 e. The highest BCUT2D eigenvalue weighted by atomic mass is 16.2. The predicted molar refractivity (Wildman–Crippen MR) is 68.0 cm³/mol. The third kappa shape index (κ3) is 3.66. The molecule has 2 aliphatic heterocycles. The van der Waals surface area contributed by atoms with Gasteiger partial charge in [0.05, 0.1) is 6.54 Å². The number of hydrogen-bond acceptors (Lipinski definition) is 4. The highest BCUT2D eigenvalue weighted by Crippen LogP contribution is 2.03. The summed E-state index contributed by atoms with van der Waals surface area (Å²) in [4.78, 5) is 18.7. The predicted octanol–water partition coefficient (Wildman–Crippen LogP) is -0.946. The molecule has 2 saturated heterocycles. The van der Waals surface area contributed by atoms with Crippen LogP contribution in [0.3, 0.4) is 0 Å². The van der Waals surface area contributed by atoms with Gasteiger partial charge in [0, 0.05) is 51.9 Å². The third-order valence-corrected chi connectivity index (χ3v) is 3.67. The Balaban J connectivity index is 1.76.